The van der Waals surface area contributed by atoms with Crippen molar-refractivity contribution in [1.82, 2.24) is 0 Å². The van der Waals surface area contributed by atoms with Crippen molar-refractivity contribution in [2.45, 2.75) is 98.3 Å². The van der Waals surface area contributed by atoms with Crippen molar-refractivity contribution in [3.8, 4) is 5.75 Å². The Bertz CT molecular complexity index is 1000. The van der Waals surface area contributed by atoms with Crippen molar-refractivity contribution in [2.24, 2.45) is 5.41 Å². The van der Waals surface area contributed by atoms with E-state index in [1.165, 1.54) is 53.5 Å². The third-order valence-electron chi connectivity index (χ3n) is 7.50. The largest absolute Gasteiger partial charge is 0.494 e. The molecule has 3 heteroatoms. The minimum atomic E-state index is -0.376. The molecule has 0 aromatic heterocycles. The zero-order valence-electron chi connectivity index (χ0n) is 23.0. The number of unbranched alkanes of at least 4 members (excludes halogenated alkanes) is 5. The fourth-order valence-electron chi connectivity index (χ4n) is 4.64. The lowest BCUT2D eigenvalue weighted by atomic mass is 9.86. The lowest BCUT2D eigenvalue weighted by Gasteiger charge is -2.20. The van der Waals surface area contributed by atoms with Gasteiger partial charge in [-0.1, -0.05) is 63.1 Å². The maximum atomic E-state index is 12.0. The van der Waals surface area contributed by atoms with Crippen LogP contribution in [0.5, 0.6) is 5.75 Å². The molecule has 3 rings (SSSR count). The van der Waals surface area contributed by atoms with E-state index in [1.807, 2.05) is 20.8 Å². The van der Waals surface area contributed by atoms with Gasteiger partial charge in [-0.15, -0.1) is 0 Å². The number of aryl methyl sites for hydroxylation is 2. The van der Waals surface area contributed by atoms with Crippen LogP contribution < -0.4 is 4.74 Å². The molecule has 0 fully saturated rings. The lowest BCUT2D eigenvalue weighted by molar-refractivity contribution is -0.154. The predicted molar refractivity (Wildman–Crippen MR) is 151 cm³/mol. The molecule has 0 aliphatic heterocycles. The van der Waals surface area contributed by atoms with Crippen LogP contribution in [0.25, 0.3) is 11.6 Å². The first-order valence-corrected chi connectivity index (χ1v) is 14.2. The second-order valence-corrected chi connectivity index (χ2v) is 10.8. The van der Waals surface area contributed by atoms with E-state index in [9.17, 15) is 4.79 Å². The van der Waals surface area contributed by atoms with E-state index in [2.05, 4.69) is 55.5 Å². The highest BCUT2D eigenvalue weighted by Crippen LogP contribution is 2.34. The first-order chi connectivity index (χ1) is 17.4. The average Bonchev–Trinajstić information content (AvgIpc) is 2.90. The summed E-state index contributed by atoms with van der Waals surface area (Å²) in [7, 11) is 0. The Morgan fingerprint density at radius 2 is 1.67 bits per heavy atom. The number of allylic oxidation sites excluding steroid dienone is 1. The predicted octanol–water partition coefficient (Wildman–Crippen LogP) is 8.82. The molecule has 0 bridgehead atoms. The molecule has 0 saturated carbocycles. The average molecular weight is 491 g/mol. The highest BCUT2D eigenvalue weighted by Gasteiger charge is 2.26. The molecular formula is C33H46O3. The molecule has 0 N–H and O–H groups in total. The maximum Gasteiger partial charge on any atom is 0.311 e. The number of esters is 1. The minimum Gasteiger partial charge on any atom is -0.494 e. The Labute approximate surface area is 219 Å². The molecule has 36 heavy (non-hydrogen) atoms. The molecule has 2 aromatic rings. The van der Waals surface area contributed by atoms with Crippen molar-refractivity contribution in [3.63, 3.8) is 0 Å². The van der Waals surface area contributed by atoms with E-state index in [1.54, 1.807) is 0 Å². The van der Waals surface area contributed by atoms with Gasteiger partial charge in [-0.05, 0) is 112 Å². The molecule has 3 nitrogen and oxygen atoms in total. The smallest absolute Gasteiger partial charge is 0.311 e. The van der Waals surface area contributed by atoms with E-state index in [0.717, 1.165) is 57.3 Å². The SMILES string of the molecule is CCCCCc1ccccc1C1=Cc2ccc(OCCCCCCOC(=O)C(C)(C)CC)cc2CC1. The second kappa shape index (κ2) is 14.3. The summed E-state index contributed by atoms with van der Waals surface area (Å²) in [5.74, 6) is 0.889. The molecule has 0 spiro atoms. The van der Waals surface area contributed by atoms with E-state index in [0.29, 0.717) is 6.61 Å². The van der Waals surface area contributed by atoms with Crippen LogP contribution in [-0.2, 0) is 22.4 Å². The number of fused-ring (bicyclic) bond motifs is 1. The van der Waals surface area contributed by atoms with Crippen LogP contribution in [0.3, 0.4) is 0 Å². The van der Waals surface area contributed by atoms with E-state index in [-0.39, 0.29) is 11.4 Å². The van der Waals surface area contributed by atoms with Crippen molar-refractivity contribution in [3.05, 3.63) is 64.7 Å². The molecule has 196 valence electrons. The van der Waals surface area contributed by atoms with Gasteiger partial charge in [0.1, 0.15) is 5.75 Å². The fourth-order valence-corrected chi connectivity index (χ4v) is 4.64. The summed E-state index contributed by atoms with van der Waals surface area (Å²) in [5.41, 5.74) is 6.72. The summed E-state index contributed by atoms with van der Waals surface area (Å²) < 4.78 is 11.5. The molecular weight excluding hydrogens is 444 g/mol. The van der Waals surface area contributed by atoms with Crippen molar-refractivity contribution < 1.29 is 14.3 Å². The van der Waals surface area contributed by atoms with Gasteiger partial charge in [0.2, 0.25) is 0 Å². The molecule has 2 aromatic carbocycles. The molecule has 0 amide bonds. The summed E-state index contributed by atoms with van der Waals surface area (Å²) in [6.45, 7) is 9.42. The summed E-state index contributed by atoms with van der Waals surface area (Å²) in [6, 6.07) is 15.5. The van der Waals surface area contributed by atoms with Gasteiger partial charge in [-0.2, -0.15) is 0 Å². The first-order valence-electron chi connectivity index (χ1n) is 14.2. The van der Waals surface area contributed by atoms with Crippen LogP contribution in [0.15, 0.2) is 42.5 Å². The molecule has 1 aliphatic rings. The Morgan fingerprint density at radius 3 is 2.44 bits per heavy atom. The van der Waals surface area contributed by atoms with Gasteiger partial charge in [-0.25, -0.2) is 0 Å². The molecule has 0 saturated heterocycles. The van der Waals surface area contributed by atoms with Crippen LogP contribution in [0.4, 0.5) is 0 Å². The van der Waals surface area contributed by atoms with Gasteiger partial charge in [0, 0.05) is 0 Å². The molecule has 1 aliphatic carbocycles. The minimum absolute atomic E-state index is 0.0844. The summed E-state index contributed by atoms with van der Waals surface area (Å²) in [6.07, 6.45) is 14.4. The standard InChI is InChI=1S/C33H46O3/c1-5-7-10-15-26-16-11-12-17-31(26)29-19-18-28-25-30(21-20-27(28)24-29)35-22-13-8-9-14-23-36-32(34)33(3,4)6-2/h11-12,16-17,20-21,24-25H,5-10,13-15,18-19,22-23H2,1-4H3. The normalized spacial score (nSPS) is 13.2. The number of hydrogen-bond acceptors (Lipinski definition) is 3. The number of rotatable bonds is 15. The monoisotopic (exact) mass is 490 g/mol. The van der Waals surface area contributed by atoms with Crippen LogP contribution in [0.1, 0.15) is 108 Å². The Hall–Kier alpha value is -2.55. The van der Waals surface area contributed by atoms with Gasteiger partial charge in [0.05, 0.1) is 18.6 Å². The number of carbonyl (C=O) groups is 1. The third kappa shape index (κ3) is 8.25. The number of benzene rings is 2. The maximum absolute atomic E-state index is 12.0. The highest BCUT2D eigenvalue weighted by atomic mass is 16.5. The topological polar surface area (TPSA) is 35.5 Å². The molecule has 0 unspecified atom stereocenters. The van der Waals surface area contributed by atoms with E-state index < -0.39 is 0 Å². The second-order valence-electron chi connectivity index (χ2n) is 10.8. The summed E-state index contributed by atoms with van der Waals surface area (Å²) in [4.78, 5) is 12.0. The molecule has 0 heterocycles. The zero-order valence-corrected chi connectivity index (χ0v) is 23.0. The third-order valence-corrected chi connectivity index (χ3v) is 7.50. The molecule has 0 atom stereocenters. The molecule has 0 radical (unpaired) electrons. The number of hydrogen-bond donors (Lipinski definition) is 0. The zero-order chi connectivity index (χ0) is 25.8. The highest BCUT2D eigenvalue weighted by molar-refractivity contribution is 5.85. The van der Waals surface area contributed by atoms with Crippen molar-refractivity contribution in [2.75, 3.05) is 13.2 Å². The van der Waals surface area contributed by atoms with Gasteiger partial charge >= 0.3 is 5.97 Å². The first kappa shape index (κ1) is 28.0. The van der Waals surface area contributed by atoms with Gasteiger partial charge < -0.3 is 9.47 Å². The van der Waals surface area contributed by atoms with Crippen molar-refractivity contribution >= 4 is 17.6 Å². The van der Waals surface area contributed by atoms with E-state index in [4.69, 9.17) is 9.47 Å². The van der Waals surface area contributed by atoms with Crippen LogP contribution in [0.2, 0.25) is 0 Å². The Balaban J connectivity index is 1.43. The van der Waals surface area contributed by atoms with E-state index >= 15 is 0 Å². The Morgan fingerprint density at radius 1 is 0.889 bits per heavy atom. The van der Waals surface area contributed by atoms with Crippen LogP contribution in [-0.4, -0.2) is 19.2 Å². The van der Waals surface area contributed by atoms with Gasteiger partial charge in [0.25, 0.3) is 0 Å². The number of carbonyl (C=O) groups excluding carboxylic acids is 1. The van der Waals surface area contributed by atoms with Gasteiger partial charge in [0.15, 0.2) is 0 Å². The van der Waals surface area contributed by atoms with Crippen LogP contribution in [0, 0.1) is 5.41 Å². The quantitative estimate of drug-likeness (QED) is 0.185. The number of ether oxygens (including phenoxy) is 2. The Kier molecular flexibility index (Phi) is 11.1. The summed E-state index contributed by atoms with van der Waals surface area (Å²) >= 11 is 0. The van der Waals surface area contributed by atoms with Crippen molar-refractivity contribution in [1.29, 1.82) is 0 Å². The van der Waals surface area contributed by atoms with Gasteiger partial charge in [-0.3, -0.25) is 4.79 Å². The lowest BCUT2D eigenvalue weighted by Crippen LogP contribution is -2.26. The fraction of sp³-hybridized carbons (Fsp3) is 0.545. The van der Waals surface area contributed by atoms with Crippen LogP contribution >= 0.6 is 0 Å². The summed E-state index contributed by atoms with van der Waals surface area (Å²) in [5, 5.41) is 0.